The number of hydrogen-bond donors (Lipinski definition) is 1. The molecule has 1 atom stereocenters. The minimum absolute atomic E-state index is 0.0450. The first-order valence-corrected chi connectivity index (χ1v) is 4.45. The monoisotopic (exact) mass is 170 g/mol. The standard InChI is InChI=1S/C9H18N2O/c1-9(2,3)8-11-6-7(12-8)4-5-10/h7H,4-6,10H2,1-3H3. The summed E-state index contributed by atoms with van der Waals surface area (Å²) in [6, 6.07) is 0. The van der Waals surface area contributed by atoms with Crippen LogP contribution in [-0.2, 0) is 4.74 Å². The summed E-state index contributed by atoms with van der Waals surface area (Å²) in [6.45, 7) is 7.78. The van der Waals surface area contributed by atoms with E-state index in [1.807, 2.05) is 0 Å². The van der Waals surface area contributed by atoms with Crippen molar-refractivity contribution in [1.82, 2.24) is 0 Å². The maximum atomic E-state index is 5.64. The molecule has 0 bridgehead atoms. The third-order valence-corrected chi connectivity index (χ3v) is 1.85. The van der Waals surface area contributed by atoms with Crippen molar-refractivity contribution < 1.29 is 4.74 Å². The summed E-state index contributed by atoms with van der Waals surface area (Å²) >= 11 is 0. The van der Waals surface area contributed by atoms with Crippen molar-refractivity contribution >= 4 is 5.90 Å². The molecule has 2 N–H and O–H groups in total. The number of hydrogen-bond acceptors (Lipinski definition) is 3. The van der Waals surface area contributed by atoms with Gasteiger partial charge in [0.05, 0.1) is 6.54 Å². The normalized spacial score (nSPS) is 23.7. The van der Waals surface area contributed by atoms with Crippen LogP contribution in [0.2, 0.25) is 0 Å². The molecule has 12 heavy (non-hydrogen) atoms. The highest BCUT2D eigenvalue weighted by Crippen LogP contribution is 2.22. The van der Waals surface area contributed by atoms with Gasteiger partial charge in [-0.25, -0.2) is 0 Å². The zero-order valence-electron chi connectivity index (χ0n) is 8.13. The van der Waals surface area contributed by atoms with Gasteiger partial charge in [0.25, 0.3) is 0 Å². The third kappa shape index (κ3) is 2.21. The largest absolute Gasteiger partial charge is 0.475 e. The molecule has 1 unspecified atom stereocenters. The first-order valence-electron chi connectivity index (χ1n) is 4.45. The average Bonchev–Trinajstić information content (AvgIpc) is 2.35. The van der Waals surface area contributed by atoms with Gasteiger partial charge in [-0.3, -0.25) is 4.99 Å². The van der Waals surface area contributed by atoms with E-state index in [9.17, 15) is 0 Å². The second-order valence-corrected chi connectivity index (χ2v) is 4.21. The maximum Gasteiger partial charge on any atom is 0.189 e. The van der Waals surface area contributed by atoms with E-state index in [0.717, 1.165) is 18.9 Å². The van der Waals surface area contributed by atoms with E-state index in [-0.39, 0.29) is 11.5 Å². The molecular weight excluding hydrogens is 152 g/mol. The van der Waals surface area contributed by atoms with Crippen LogP contribution in [0.25, 0.3) is 0 Å². The fourth-order valence-electron chi connectivity index (χ4n) is 1.17. The van der Waals surface area contributed by atoms with Gasteiger partial charge in [0.1, 0.15) is 6.10 Å². The predicted molar refractivity (Wildman–Crippen MR) is 50.3 cm³/mol. The lowest BCUT2D eigenvalue weighted by molar-refractivity contribution is 0.193. The minimum Gasteiger partial charge on any atom is -0.475 e. The molecule has 3 heteroatoms. The van der Waals surface area contributed by atoms with Crippen molar-refractivity contribution in [2.75, 3.05) is 13.1 Å². The highest BCUT2D eigenvalue weighted by Gasteiger charge is 2.28. The first kappa shape index (κ1) is 9.52. The summed E-state index contributed by atoms with van der Waals surface area (Å²) in [5, 5.41) is 0. The molecule has 0 aromatic rings. The molecule has 1 aliphatic heterocycles. The molecule has 0 saturated heterocycles. The average molecular weight is 170 g/mol. The first-order chi connectivity index (χ1) is 5.54. The molecule has 0 spiro atoms. The molecular formula is C9H18N2O. The van der Waals surface area contributed by atoms with Gasteiger partial charge >= 0.3 is 0 Å². The van der Waals surface area contributed by atoms with E-state index in [2.05, 4.69) is 25.8 Å². The number of ether oxygens (including phenoxy) is 1. The Labute approximate surface area is 74.0 Å². The smallest absolute Gasteiger partial charge is 0.189 e. The van der Waals surface area contributed by atoms with E-state index in [4.69, 9.17) is 10.5 Å². The van der Waals surface area contributed by atoms with E-state index in [0.29, 0.717) is 6.54 Å². The van der Waals surface area contributed by atoms with Crippen molar-refractivity contribution in [3.05, 3.63) is 0 Å². The molecule has 1 heterocycles. The fraction of sp³-hybridized carbons (Fsp3) is 0.889. The van der Waals surface area contributed by atoms with E-state index < -0.39 is 0 Å². The van der Waals surface area contributed by atoms with Crippen molar-refractivity contribution in [3.63, 3.8) is 0 Å². The van der Waals surface area contributed by atoms with Crippen LogP contribution in [0, 0.1) is 5.41 Å². The second kappa shape index (κ2) is 3.44. The van der Waals surface area contributed by atoms with Crippen molar-refractivity contribution in [2.45, 2.75) is 33.3 Å². The molecule has 0 aromatic carbocycles. The molecule has 0 saturated carbocycles. The van der Waals surface area contributed by atoms with Crippen LogP contribution in [0.15, 0.2) is 4.99 Å². The van der Waals surface area contributed by atoms with Crippen LogP contribution >= 0.6 is 0 Å². The van der Waals surface area contributed by atoms with Crippen LogP contribution in [-0.4, -0.2) is 25.1 Å². The Morgan fingerprint density at radius 3 is 2.67 bits per heavy atom. The molecule has 0 aliphatic carbocycles. The molecule has 70 valence electrons. The molecule has 0 amide bonds. The van der Waals surface area contributed by atoms with Crippen LogP contribution in [0.5, 0.6) is 0 Å². The minimum atomic E-state index is 0.0450. The molecule has 1 aliphatic rings. The summed E-state index contributed by atoms with van der Waals surface area (Å²) in [6.07, 6.45) is 1.13. The molecule has 0 fully saturated rings. The van der Waals surface area contributed by atoms with Crippen LogP contribution in [0.3, 0.4) is 0 Å². The summed E-state index contributed by atoms with van der Waals surface area (Å²) in [4.78, 5) is 4.35. The van der Waals surface area contributed by atoms with E-state index >= 15 is 0 Å². The Kier molecular flexibility index (Phi) is 2.73. The van der Waals surface area contributed by atoms with E-state index in [1.54, 1.807) is 0 Å². The van der Waals surface area contributed by atoms with Gasteiger partial charge in [-0.05, 0) is 13.0 Å². The van der Waals surface area contributed by atoms with Crippen LogP contribution in [0.4, 0.5) is 0 Å². The van der Waals surface area contributed by atoms with Crippen LogP contribution < -0.4 is 5.73 Å². The summed E-state index contributed by atoms with van der Waals surface area (Å²) in [5.41, 5.74) is 5.48. The molecule has 0 aromatic heterocycles. The highest BCUT2D eigenvalue weighted by molar-refractivity contribution is 5.82. The Balaban J connectivity index is 2.43. The van der Waals surface area contributed by atoms with Crippen molar-refractivity contribution in [3.8, 4) is 0 Å². The van der Waals surface area contributed by atoms with Gasteiger partial charge < -0.3 is 10.5 Å². The maximum absolute atomic E-state index is 5.64. The zero-order chi connectivity index (χ0) is 9.19. The lowest BCUT2D eigenvalue weighted by Gasteiger charge is -2.19. The molecule has 3 nitrogen and oxygen atoms in total. The quantitative estimate of drug-likeness (QED) is 0.676. The van der Waals surface area contributed by atoms with Gasteiger partial charge in [-0.2, -0.15) is 0 Å². The Morgan fingerprint density at radius 1 is 1.58 bits per heavy atom. The second-order valence-electron chi connectivity index (χ2n) is 4.21. The zero-order valence-corrected chi connectivity index (χ0v) is 8.13. The van der Waals surface area contributed by atoms with Gasteiger partial charge in [0.2, 0.25) is 0 Å². The van der Waals surface area contributed by atoms with Crippen molar-refractivity contribution in [1.29, 1.82) is 0 Å². The van der Waals surface area contributed by atoms with Crippen molar-refractivity contribution in [2.24, 2.45) is 16.1 Å². The fourth-order valence-corrected chi connectivity index (χ4v) is 1.17. The topological polar surface area (TPSA) is 47.6 Å². The SMILES string of the molecule is CC(C)(C)C1=NCC(CCN)O1. The lowest BCUT2D eigenvalue weighted by Crippen LogP contribution is -2.24. The number of aliphatic imine (C=N–C) groups is 1. The third-order valence-electron chi connectivity index (χ3n) is 1.85. The Hall–Kier alpha value is -0.570. The number of nitrogens with zero attached hydrogens (tertiary/aromatic N) is 1. The summed E-state index contributed by atoms with van der Waals surface area (Å²) in [5.74, 6) is 0.876. The number of rotatable bonds is 2. The van der Waals surface area contributed by atoms with Gasteiger partial charge in [0.15, 0.2) is 5.90 Å². The van der Waals surface area contributed by atoms with Gasteiger partial charge in [0, 0.05) is 5.41 Å². The Bertz CT molecular complexity index is 181. The van der Waals surface area contributed by atoms with Crippen LogP contribution in [0.1, 0.15) is 27.2 Å². The summed E-state index contributed by atoms with van der Waals surface area (Å²) < 4.78 is 5.64. The van der Waals surface area contributed by atoms with E-state index in [1.165, 1.54) is 0 Å². The van der Waals surface area contributed by atoms with Gasteiger partial charge in [-0.1, -0.05) is 20.8 Å². The Morgan fingerprint density at radius 2 is 2.25 bits per heavy atom. The predicted octanol–water partition coefficient (Wildman–Crippen LogP) is 1.18. The highest BCUT2D eigenvalue weighted by atomic mass is 16.5. The lowest BCUT2D eigenvalue weighted by atomic mass is 9.97. The molecule has 1 rings (SSSR count). The number of nitrogens with two attached hydrogens (primary N) is 1. The summed E-state index contributed by atoms with van der Waals surface area (Å²) in [7, 11) is 0. The van der Waals surface area contributed by atoms with Gasteiger partial charge in [-0.15, -0.1) is 0 Å². The molecule has 0 radical (unpaired) electrons.